The van der Waals surface area contributed by atoms with Crippen LogP contribution in [0.4, 0.5) is 4.39 Å². The first-order valence-electron chi connectivity index (χ1n) is 7.10. The van der Waals surface area contributed by atoms with Gasteiger partial charge in [-0.3, -0.25) is 4.79 Å². The molecule has 1 heterocycles. The van der Waals surface area contributed by atoms with Gasteiger partial charge in [-0.2, -0.15) is 0 Å². The van der Waals surface area contributed by atoms with Crippen molar-refractivity contribution < 1.29 is 13.9 Å². The third kappa shape index (κ3) is 3.93. The molecule has 0 saturated carbocycles. The molecule has 0 radical (unpaired) electrons. The maximum Gasteiger partial charge on any atom is 0.260 e. The Hall–Kier alpha value is -1.62. The first-order valence-corrected chi connectivity index (χ1v) is 7.10. The van der Waals surface area contributed by atoms with Crippen LogP contribution < -0.4 is 10.5 Å². The number of halogens is 1. The molecule has 1 aromatic carbocycles. The van der Waals surface area contributed by atoms with E-state index in [9.17, 15) is 9.18 Å². The second-order valence-electron chi connectivity index (χ2n) is 5.03. The van der Waals surface area contributed by atoms with Crippen LogP contribution in [0.3, 0.4) is 0 Å². The largest absolute Gasteiger partial charge is 0.481 e. The van der Waals surface area contributed by atoms with Crippen molar-refractivity contribution in [2.45, 2.75) is 25.7 Å². The predicted octanol–water partition coefficient (Wildman–Crippen LogP) is 1.72. The molecule has 0 atom stereocenters. The Morgan fingerprint density at radius 3 is 2.70 bits per heavy atom. The van der Waals surface area contributed by atoms with Gasteiger partial charge in [-0.25, -0.2) is 4.39 Å². The highest BCUT2D eigenvalue weighted by Gasteiger charge is 2.17. The molecule has 1 saturated heterocycles. The number of likely N-dealkylation sites (tertiary alicyclic amines) is 1. The quantitative estimate of drug-likeness (QED) is 0.893. The van der Waals surface area contributed by atoms with E-state index in [0.29, 0.717) is 13.0 Å². The van der Waals surface area contributed by atoms with Crippen molar-refractivity contribution in [3.8, 4) is 5.75 Å². The lowest BCUT2D eigenvalue weighted by atomic mass is 10.1. The molecule has 2 rings (SSSR count). The van der Waals surface area contributed by atoms with E-state index >= 15 is 0 Å². The van der Waals surface area contributed by atoms with Crippen LogP contribution >= 0.6 is 0 Å². The van der Waals surface area contributed by atoms with Crippen LogP contribution in [0.25, 0.3) is 0 Å². The average Bonchev–Trinajstić information content (AvgIpc) is 2.47. The number of benzene rings is 1. The molecule has 1 fully saturated rings. The first-order chi connectivity index (χ1) is 9.70. The third-order valence-electron chi connectivity index (χ3n) is 3.49. The van der Waals surface area contributed by atoms with Gasteiger partial charge in [0.25, 0.3) is 5.91 Å². The molecule has 20 heavy (non-hydrogen) atoms. The maximum atomic E-state index is 13.8. The van der Waals surface area contributed by atoms with E-state index in [1.165, 1.54) is 12.5 Å². The number of hydrogen-bond acceptors (Lipinski definition) is 3. The van der Waals surface area contributed by atoms with Crippen LogP contribution in [0.5, 0.6) is 5.75 Å². The second kappa shape index (κ2) is 7.24. The molecule has 110 valence electrons. The Balaban J connectivity index is 1.88. The minimum Gasteiger partial charge on any atom is -0.481 e. The van der Waals surface area contributed by atoms with E-state index in [0.717, 1.165) is 31.5 Å². The maximum absolute atomic E-state index is 13.8. The predicted molar refractivity (Wildman–Crippen MR) is 75.1 cm³/mol. The van der Waals surface area contributed by atoms with Crippen LogP contribution in [0.2, 0.25) is 0 Å². The highest BCUT2D eigenvalue weighted by molar-refractivity contribution is 5.77. The number of nitrogens with zero attached hydrogens (tertiary/aromatic N) is 1. The fourth-order valence-corrected chi connectivity index (χ4v) is 2.36. The highest BCUT2D eigenvalue weighted by atomic mass is 19.1. The summed E-state index contributed by atoms with van der Waals surface area (Å²) >= 11 is 0. The Morgan fingerprint density at radius 2 is 2.05 bits per heavy atom. The fraction of sp³-hybridized carbons (Fsp3) is 0.533. The van der Waals surface area contributed by atoms with E-state index < -0.39 is 5.82 Å². The third-order valence-corrected chi connectivity index (χ3v) is 3.49. The summed E-state index contributed by atoms with van der Waals surface area (Å²) < 4.78 is 19.1. The van der Waals surface area contributed by atoms with Crippen LogP contribution in [0, 0.1) is 5.82 Å². The Morgan fingerprint density at radius 1 is 1.30 bits per heavy atom. The summed E-state index contributed by atoms with van der Waals surface area (Å²) in [4.78, 5) is 13.7. The Bertz CT molecular complexity index is 459. The Labute approximate surface area is 118 Å². The van der Waals surface area contributed by atoms with Crippen LogP contribution in [-0.2, 0) is 11.2 Å². The van der Waals surface area contributed by atoms with E-state index in [2.05, 4.69) is 0 Å². The number of carbonyl (C=O) groups excluding carboxylic acids is 1. The van der Waals surface area contributed by atoms with Crippen molar-refractivity contribution in [1.29, 1.82) is 0 Å². The van der Waals surface area contributed by atoms with E-state index in [4.69, 9.17) is 10.5 Å². The van der Waals surface area contributed by atoms with Gasteiger partial charge in [-0.05, 0) is 49.9 Å². The molecule has 4 nitrogen and oxygen atoms in total. The standard InChI is InChI=1S/C15H21FN2O2/c16-13-10-12(6-7-17)4-5-14(13)20-11-15(19)18-8-2-1-3-9-18/h4-5,10H,1-3,6-9,11,17H2. The van der Waals surface area contributed by atoms with Gasteiger partial charge in [0.05, 0.1) is 0 Å². The summed E-state index contributed by atoms with van der Waals surface area (Å²) in [5, 5.41) is 0. The van der Waals surface area contributed by atoms with Gasteiger partial charge >= 0.3 is 0 Å². The summed E-state index contributed by atoms with van der Waals surface area (Å²) in [5.41, 5.74) is 6.26. The summed E-state index contributed by atoms with van der Waals surface area (Å²) in [6.07, 6.45) is 3.87. The van der Waals surface area contributed by atoms with Crippen LogP contribution in [0.15, 0.2) is 18.2 Å². The van der Waals surface area contributed by atoms with Crippen LogP contribution in [-0.4, -0.2) is 37.0 Å². The van der Waals surface area contributed by atoms with Crippen molar-refractivity contribution >= 4 is 5.91 Å². The van der Waals surface area contributed by atoms with Gasteiger partial charge in [0, 0.05) is 13.1 Å². The number of piperidine rings is 1. The molecule has 1 aromatic rings. The van der Waals surface area contributed by atoms with Gasteiger partial charge < -0.3 is 15.4 Å². The normalized spacial score (nSPS) is 15.2. The van der Waals surface area contributed by atoms with Crippen molar-refractivity contribution in [2.75, 3.05) is 26.2 Å². The lowest BCUT2D eigenvalue weighted by molar-refractivity contribution is -0.134. The number of rotatable bonds is 5. The molecule has 1 aliphatic rings. The van der Waals surface area contributed by atoms with Crippen molar-refractivity contribution in [3.63, 3.8) is 0 Å². The minimum atomic E-state index is -0.442. The van der Waals surface area contributed by atoms with Crippen molar-refractivity contribution in [3.05, 3.63) is 29.6 Å². The lowest BCUT2D eigenvalue weighted by Crippen LogP contribution is -2.38. The summed E-state index contributed by atoms with van der Waals surface area (Å²) in [6, 6.07) is 4.74. The van der Waals surface area contributed by atoms with Gasteiger partial charge in [-0.15, -0.1) is 0 Å². The number of carbonyl (C=O) groups is 1. The zero-order chi connectivity index (χ0) is 14.4. The first kappa shape index (κ1) is 14.8. The van der Waals surface area contributed by atoms with Gasteiger partial charge in [0.15, 0.2) is 18.2 Å². The van der Waals surface area contributed by atoms with Gasteiger partial charge in [-0.1, -0.05) is 6.07 Å². The molecular weight excluding hydrogens is 259 g/mol. The number of amides is 1. The lowest BCUT2D eigenvalue weighted by Gasteiger charge is -2.26. The van der Waals surface area contributed by atoms with Gasteiger partial charge in [0.2, 0.25) is 0 Å². The van der Waals surface area contributed by atoms with E-state index in [1.807, 2.05) is 0 Å². The fourth-order valence-electron chi connectivity index (χ4n) is 2.36. The van der Waals surface area contributed by atoms with Crippen molar-refractivity contribution in [1.82, 2.24) is 4.90 Å². The average molecular weight is 280 g/mol. The van der Waals surface area contributed by atoms with Gasteiger partial charge in [0.1, 0.15) is 0 Å². The summed E-state index contributed by atoms with van der Waals surface area (Å²) in [6.45, 7) is 1.93. The summed E-state index contributed by atoms with van der Waals surface area (Å²) in [7, 11) is 0. The molecule has 1 aliphatic heterocycles. The SMILES string of the molecule is NCCc1ccc(OCC(=O)N2CCCCC2)c(F)c1. The molecular formula is C15H21FN2O2. The monoisotopic (exact) mass is 280 g/mol. The highest BCUT2D eigenvalue weighted by Crippen LogP contribution is 2.19. The molecule has 2 N–H and O–H groups in total. The molecule has 0 aliphatic carbocycles. The molecule has 5 heteroatoms. The number of ether oxygens (including phenoxy) is 1. The number of nitrogens with two attached hydrogens (primary N) is 1. The molecule has 0 bridgehead atoms. The zero-order valence-electron chi connectivity index (χ0n) is 11.6. The number of hydrogen-bond donors (Lipinski definition) is 1. The minimum absolute atomic E-state index is 0.0739. The Kier molecular flexibility index (Phi) is 5.35. The zero-order valence-corrected chi connectivity index (χ0v) is 11.6. The smallest absolute Gasteiger partial charge is 0.260 e. The van der Waals surface area contributed by atoms with Crippen molar-refractivity contribution in [2.24, 2.45) is 5.73 Å². The molecule has 0 spiro atoms. The van der Waals surface area contributed by atoms with E-state index in [-0.39, 0.29) is 18.3 Å². The molecule has 0 aromatic heterocycles. The van der Waals surface area contributed by atoms with Crippen LogP contribution in [0.1, 0.15) is 24.8 Å². The summed E-state index contributed by atoms with van der Waals surface area (Å²) in [5.74, 6) is -0.395. The molecule has 0 unspecified atom stereocenters. The second-order valence-corrected chi connectivity index (χ2v) is 5.03. The topological polar surface area (TPSA) is 55.6 Å². The van der Waals surface area contributed by atoms with E-state index in [1.54, 1.807) is 17.0 Å². The molecule has 1 amide bonds.